The van der Waals surface area contributed by atoms with Crippen LogP contribution in [0.3, 0.4) is 0 Å². The lowest BCUT2D eigenvalue weighted by atomic mass is 10.1. The van der Waals surface area contributed by atoms with Crippen molar-refractivity contribution in [1.82, 2.24) is 4.90 Å². The Labute approximate surface area is 222 Å². The van der Waals surface area contributed by atoms with Gasteiger partial charge >= 0.3 is 0 Å². The molecule has 0 saturated carbocycles. The van der Waals surface area contributed by atoms with Crippen molar-refractivity contribution >= 4 is 33.0 Å². The number of benzene rings is 3. The summed E-state index contributed by atoms with van der Waals surface area (Å²) >= 11 is 0. The molecule has 38 heavy (non-hydrogen) atoms. The molecule has 0 aliphatic carbocycles. The van der Waals surface area contributed by atoms with Gasteiger partial charge in [0.05, 0.1) is 16.3 Å². The van der Waals surface area contributed by atoms with Crippen LogP contribution in [0, 0.1) is 5.82 Å². The molecule has 4 rings (SSSR count). The zero-order valence-electron chi connectivity index (χ0n) is 21.2. The molecular weight excluding hydrogens is 507 g/mol. The SMILES string of the molecule is CCS(=O)(=O)c1cc(F)ccc1N1CCN(C(=O)CN(C(=O)c2ccccc2CN)c2ccccc2)CC1. The number of nitrogens with zero attached hydrogens (tertiary/aromatic N) is 3. The van der Waals surface area contributed by atoms with Crippen molar-refractivity contribution in [3.05, 3.63) is 89.7 Å². The monoisotopic (exact) mass is 538 g/mol. The Bertz CT molecular complexity index is 1410. The van der Waals surface area contributed by atoms with Gasteiger partial charge in [-0.25, -0.2) is 12.8 Å². The Balaban J connectivity index is 1.51. The first-order valence-corrected chi connectivity index (χ1v) is 14.1. The maximum absolute atomic E-state index is 13.9. The van der Waals surface area contributed by atoms with E-state index in [4.69, 9.17) is 5.73 Å². The molecule has 1 aliphatic heterocycles. The lowest BCUT2D eigenvalue weighted by molar-refractivity contribution is -0.129. The molecule has 0 atom stereocenters. The van der Waals surface area contributed by atoms with Crippen LogP contribution < -0.4 is 15.5 Å². The second-order valence-electron chi connectivity index (χ2n) is 8.97. The summed E-state index contributed by atoms with van der Waals surface area (Å²) < 4.78 is 39.0. The standard InChI is InChI=1S/C28H31FN4O4S/c1-2-38(36,37)26-18-22(29)12-13-25(26)31-14-16-32(17-15-31)27(34)20-33(23-9-4-3-5-10-23)28(35)24-11-7-6-8-21(24)19-30/h3-13,18H,2,14-17,19-20,30H2,1H3. The fourth-order valence-corrected chi connectivity index (χ4v) is 5.65. The molecule has 8 nitrogen and oxygen atoms in total. The number of para-hydroxylation sites is 1. The molecule has 2 N–H and O–H groups in total. The van der Waals surface area contributed by atoms with Crippen molar-refractivity contribution < 1.29 is 22.4 Å². The molecule has 200 valence electrons. The van der Waals surface area contributed by atoms with Gasteiger partial charge in [-0.15, -0.1) is 0 Å². The summed E-state index contributed by atoms with van der Waals surface area (Å²) in [4.78, 5) is 31.9. The highest BCUT2D eigenvalue weighted by Gasteiger charge is 2.29. The van der Waals surface area contributed by atoms with E-state index in [1.54, 1.807) is 47.4 Å². The number of sulfone groups is 1. The lowest BCUT2D eigenvalue weighted by Crippen LogP contribution is -2.52. The molecule has 0 aromatic heterocycles. The number of carbonyl (C=O) groups excluding carboxylic acids is 2. The highest BCUT2D eigenvalue weighted by atomic mass is 32.2. The van der Waals surface area contributed by atoms with E-state index in [0.717, 1.165) is 6.07 Å². The quantitative estimate of drug-likeness (QED) is 0.473. The number of carbonyl (C=O) groups is 2. The Morgan fingerprint density at radius 2 is 1.61 bits per heavy atom. The number of amides is 2. The number of hydrogen-bond acceptors (Lipinski definition) is 6. The van der Waals surface area contributed by atoms with Crippen molar-refractivity contribution in [1.29, 1.82) is 0 Å². The molecule has 1 aliphatic rings. The third-order valence-electron chi connectivity index (χ3n) is 6.68. The summed E-state index contributed by atoms with van der Waals surface area (Å²) in [5, 5.41) is 0. The molecule has 10 heteroatoms. The molecule has 1 heterocycles. The fraction of sp³-hybridized carbons (Fsp3) is 0.286. The molecule has 0 bridgehead atoms. The normalized spacial score (nSPS) is 13.9. The smallest absolute Gasteiger partial charge is 0.259 e. The van der Waals surface area contributed by atoms with Crippen LogP contribution in [0.5, 0.6) is 0 Å². The van der Waals surface area contributed by atoms with Crippen LogP contribution in [0.2, 0.25) is 0 Å². The van der Waals surface area contributed by atoms with E-state index in [1.165, 1.54) is 24.0 Å². The molecule has 2 amide bonds. The summed E-state index contributed by atoms with van der Waals surface area (Å²) in [7, 11) is -3.63. The number of anilines is 2. The van der Waals surface area contributed by atoms with Gasteiger partial charge in [-0.1, -0.05) is 43.3 Å². The van der Waals surface area contributed by atoms with Gasteiger partial charge in [0.1, 0.15) is 12.4 Å². The molecule has 3 aromatic carbocycles. The number of hydrogen-bond donors (Lipinski definition) is 1. The van der Waals surface area contributed by atoms with Gasteiger partial charge in [0.15, 0.2) is 9.84 Å². The van der Waals surface area contributed by atoms with Gasteiger partial charge in [0.25, 0.3) is 5.91 Å². The summed E-state index contributed by atoms with van der Waals surface area (Å²) in [5.41, 5.74) is 8.01. The summed E-state index contributed by atoms with van der Waals surface area (Å²) in [6.07, 6.45) is 0. The maximum Gasteiger partial charge on any atom is 0.259 e. The molecule has 1 fully saturated rings. The van der Waals surface area contributed by atoms with Crippen LogP contribution in [-0.2, 0) is 21.2 Å². The van der Waals surface area contributed by atoms with Gasteiger partial charge in [-0.2, -0.15) is 0 Å². The first-order chi connectivity index (χ1) is 18.2. The van der Waals surface area contributed by atoms with Gasteiger partial charge in [-0.3, -0.25) is 14.5 Å². The van der Waals surface area contributed by atoms with E-state index in [1.807, 2.05) is 17.0 Å². The van der Waals surface area contributed by atoms with E-state index in [2.05, 4.69) is 0 Å². The summed E-state index contributed by atoms with van der Waals surface area (Å²) in [5.74, 6) is -1.30. The number of nitrogens with two attached hydrogens (primary N) is 1. The molecule has 0 radical (unpaired) electrons. The van der Waals surface area contributed by atoms with E-state index in [-0.39, 0.29) is 35.6 Å². The average Bonchev–Trinajstić information content (AvgIpc) is 2.96. The van der Waals surface area contributed by atoms with Crippen molar-refractivity contribution in [2.45, 2.75) is 18.4 Å². The first kappa shape index (κ1) is 27.3. The predicted octanol–water partition coefficient (Wildman–Crippen LogP) is 3.07. The Hall–Kier alpha value is -3.76. The fourth-order valence-electron chi connectivity index (χ4n) is 4.53. The van der Waals surface area contributed by atoms with Crippen molar-refractivity contribution in [2.75, 3.05) is 48.3 Å². The Morgan fingerprint density at radius 1 is 0.947 bits per heavy atom. The predicted molar refractivity (Wildman–Crippen MR) is 145 cm³/mol. The van der Waals surface area contributed by atoms with Crippen LogP contribution >= 0.6 is 0 Å². The highest BCUT2D eigenvalue weighted by molar-refractivity contribution is 7.91. The second-order valence-corrected chi connectivity index (χ2v) is 11.2. The van der Waals surface area contributed by atoms with Gasteiger partial charge in [0.2, 0.25) is 5.91 Å². The van der Waals surface area contributed by atoms with Crippen molar-refractivity contribution in [3.63, 3.8) is 0 Å². The number of rotatable bonds is 8. The van der Waals surface area contributed by atoms with Crippen LogP contribution in [0.15, 0.2) is 77.7 Å². The van der Waals surface area contributed by atoms with E-state index < -0.39 is 15.7 Å². The average molecular weight is 539 g/mol. The van der Waals surface area contributed by atoms with Crippen LogP contribution in [0.1, 0.15) is 22.8 Å². The minimum Gasteiger partial charge on any atom is -0.367 e. The third-order valence-corrected chi connectivity index (χ3v) is 8.44. The third kappa shape index (κ3) is 5.87. The Kier molecular flexibility index (Phi) is 8.43. The largest absolute Gasteiger partial charge is 0.367 e. The zero-order chi connectivity index (χ0) is 27.3. The Morgan fingerprint density at radius 3 is 2.26 bits per heavy atom. The van der Waals surface area contributed by atoms with E-state index in [0.29, 0.717) is 48.7 Å². The van der Waals surface area contributed by atoms with Crippen LogP contribution in [0.25, 0.3) is 0 Å². The molecule has 0 unspecified atom stereocenters. The van der Waals surface area contributed by atoms with Gasteiger partial charge in [0, 0.05) is 44.0 Å². The number of halogens is 1. The van der Waals surface area contributed by atoms with Gasteiger partial charge < -0.3 is 15.5 Å². The van der Waals surface area contributed by atoms with Crippen molar-refractivity contribution in [2.24, 2.45) is 5.73 Å². The lowest BCUT2D eigenvalue weighted by Gasteiger charge is -2.37. The molecular formula is C28H31FN4O4S. The second kappa shape index (κ2) is 11.7. The summed E-state index contributed by atoms with van der Waals surface area (Å²) in [6, 6.07) is 19.8. The van der Waals surface area contributed by atoms with E-state index in [9.17, 15) is 22.4 Å². The number of piperazine rings is 1. The van der Waals surface area contributed by atoms with Crippen LogP contribution in [-0.4, -0.2) is 63.6 Å². The molecule has 1 saturated heterocycles. The zero-order valence-corrected chi connectivity index (χ0v) is 22.0. The molecule has 3 aromatic rings. The maximum atomic E-state index is 13.9. The minimum absolute atomic E-state index is 0.0424. The summed E-state index contributed by atoms with van der Waals surface area (Å²) in [6.45, 7) is 2.97. The van der Waals surface area contributed by atoms with Crippen LogP contribution in [0.4, 0.5) is 15.8 Å². The van der Waals surface area contributed by atoms with E-state index >= 15 is 0 Å². The molecule has 0 spiro atoms. The highest BCUT2D eigenvalue weighted by Crippen LogP contribution is 2.28. The minimum atomic E-state index is -3.63. The van der Waals surface area contributed by atoms with Crippen molar-refractivity contribution in [3.8, 4) is 0 Å². The topological polar surface area (TPSA) is 104 Å². The first-order valence-electron chi connectivity index (χ1n) is 12.4. The van der Waals surface area contributed by atoms with Gasteiger partial charge in [-0.05, 0) is 42.0 Å².